The third-order valence-corrected chi connectivity index (χ3v) is 5.15. The molecule has 2 aliphatic heterocycles. The molecule has 4 rings (SSSR count). The number of amides is 2. The van der Waals surface area contributed by atoms with E-state index in [0.29, 0.717) is 12.4 Å². The largest absolute Gasteiger partial charge is 0.342 e. The van der Waals surface area contributed by atoms with Crippen LogP contribution in [0.1, 0.15) is 19.3 Å². The second-order valence-corrected chi connectivity index (χ2v) is 7.09. The summed E-state index contributed by atoms with van der Waals surface area (Å²) in [4.78, 5) is 28.5. The van der Waals surface area contributed by atoms with Crippen molar-refractivity contribution >= 4 is 44.5 Å². The van der Waals surface area contributed by atoms with Crippen molar-refractivity contribution in [1.29, 1.82) is 0 Å². The fourth-order valence-corrected chi connectivity index (χ4v) is 3.82. The third-order valence-electron chi connectivity index (χ3n) is 4.65. The lowest BCUT2D eigenvalue weighted by Crippen LogP contribution is -2.35. The topological polar surface area (TPSA) is 69.3 Å². The molecule has 7 heteroatoms. The van der Waals surface area contributed by atoms with Gasteiger partial charge in [-0.2, -0.15) is 5.10 Å². The van der Waals surface area contributed by atoms with Gasteiger partial charge in [0, 0.05) is 35.9 Å². The summed E-state index contributed by atoms with van der Waals surface area (Å²) in [6.45, 7) is 2.07. The highest BCUT2D eigenvalue weighted by Gasteiger charge is 2.39. The molecule has 0 aliphatic carbocycles. The lowest BCUT2D eigenvalue weighted by atomic mass is 10.1. The van der Waals surface area contributed by atoms with Crippen LogP contribution in [-0.2, 0) is 9.59 Å². The molecule has 0 spiro atoms. The van der Waals surface area contributed by atoms with Gasteiger partial charge in [-0.3, -0.25) is 19.6 Å². The van der Waals surface area contributed by atoms with Crippen molar-refractivity contribution in [3.8, 4) is 0 Å². The molecule has 1 atom stereocenters. The van der Waals surface area contributed by atoms with Gasteiger partial charge in [0.25, 0.3) is 0 Å². The Morgan fingerprint density at radius 3 is 2.87 bits per heavy atom. The highest BCUT2D eigenvalue weighted by molar-refractivity contribution is 9.10. The van der Waals surface area contributed by atoms with E-state index in [4.69, 9.17) is 0 Å². The van der Waals surface area contributed by atoms with Gasteiger partial charge >= 0.3 is 0 Å². The van der Waals surface area contributed by atoms with Crippen LogP contribution in [0.2, 0.25) is 0 Å². The average Bonchev–Trinajstić information content (AvgIpc) is 3.24. The molecule has 0 bridgehead atoms. The van der Waals surface area contributed by atoms with Crippen molar-refractivity contribution < 1.29 is 9.59 Å². The van der Waals surface area contributed by atoms with Gasteiger partial charge < -0.3 is 4.90 Å². The van der Waals surface area contributed by atoms with Crippen molar-refractivity contribution in [2.45, 2.75) is 19.3 Å². The summed E-state index contributed by atoms with van der Waals surface area (Å²) in [5, 5.41) is 8.15. The van der Waals surface area contributed by atoms with Crippen molar-refractivity contribution in [1.82, 2.24) is 15.1 Å². The molecule has 6 nitrogen and oxygen atoms in total. The summed E-state index contributed by atoms with van der Waals surface area (Å²) in [5.74, 6) is 0.455. The summed E-state index contributed by atoms with van der Waals surface area (Å²) in [6, 6.07) is 5.79. The van der Waals surface area contributed by atoms with Crippen molar-refractivity contribution in [3.05, 3.63) is 22.7 Å². The number of hydrogen-bond donors (Lipinski definition) is 1. The first-order valence-corrected chi connectivity index (χ1v) is 8.65. The fourth-order valence-electron chi connectivity index (χ4n) is 3.46. The highest BCUT2D eigenvalue weighted by Crippen LogP contribution is 2.32. The normalized spacial score (nSPS) is 21.6. The Labute approximate surface area is 141 Å². The number of rotatable bonds is 2. The van der Waals surface area contributed by atoms with E-state index >= 15 is 0 Å². The summed E-state index contributed by atoms with van der Waals surface area (Å²) in [6.07, 6.45) is 2.41. The number of nitrogens with one attached hydrogen (secondary N) is 1. The van der Waals surface area contributed by atoms with E-state index < -0.39 is 0 Å². The zero-order valence-electron chi connectivity index (χ0n) is 12.6. The van der Waals surface area contributed by atoms with Crippen LogP contribution >= 0.6 is 15.9 Å². The molecule has 0 radical (unpaired) electrons. The van der Waals surface area contributed by atoms with E-state index in [-0.39, 0.29) is 24.2 Å². The summed E-state index contributed by atoms with van der Waals surface area (Å²) < 4.78 is 0.954. The maximum atomic E-state index is 12.5. The number of hydrogen-bond acceptors (Lipinski definition) is 3. The molecule has 0 unspecified atom stereocenters. The molecule has 2 amide bonds. The van der Waals surface area contributed by atoms with Crippen LogP contribution in [-0.4, -0.2) is 46.5 Å². The number of aromatic amines is 1. The number of H-pyrrole nitrogens is 1. The Kier molecular flexibility index (Phi) is 3.60. The molecule has 23 heavy (non-hydrogen) atoms. The van der Waals surface area contributed by atoms with E-state index in [0.717, 1.165) is 41.3 Å². The minimum Gasteiger partial charge on any atom is -0.342 e. The predicted octanol–water partition coefficient (Wildman–Crippen LogP) is 2.30. The van der Waals surface area contributed by atoms with Crippen LogP contribution in [0.25, 0.3) is 10.9 Å². The zero-order chi connectivity index (χ0) is 16.0. The first-order chi connectivity index (χ1) is 11.1. The number of carbonyl (C=O) groups is 2. The molecule has 2 aromatic rings. The minimum absolute atomic E-state index is 0.0288. The van der Waals surface area contributed by atoms with Crippen LogP contribution in [0.5, 0.6) is 0 Å². The molecule has 2 aliphatic rings. The molecule has 3 heterocycles. The molecule has 0 saturated carbocycles. The Morgan fingerprint density at radius 1 is 1.30 bits per heavy atom. The maximum absolute atomic E-state index is 12.5. The summed E-state index contributed by atoms with van der Waals surface area (Å²) in [5.41, 5.74) is 0.872. The Morgan fingerprint density at radius 2 is 2.09 bits per heavy atom. The number of benzene rings is 1. The van der Waals surface area contributed by atoms with Gasteiger partial charge in [-0.25, -0.2) is 0 Å². The monoisotopic (exact) mass is 376 g/mol. The lowest BCUT2D eigenvalue weighted by molar-refractivity contribution is -0.134. The first kappa shape index (κ1) is 14.7. The van der Waals surface area contributed by atoms with Gasteiger partial charge in [0.1, 0.15) is 0 Å². The number of likely N-dealkylation sites (tertiary alicyclic amines) is 1. The fraction of sp³-hybridized carbons (Fsp3) is 0.438. The van der Waals surface area contributed by atoms with Crippen LogP contribution in [0.15, 0.2) is 22.7 Å². The van der Waals surface area contributed by atoms with Crippen LogP contribution in [0.4, 0.5) is 5.82 Å². The Hall–Kier alpha value is -1.89. The van der Waals surface area contributed by atoms with Crippen molar-refractivity contribution in [2.75, 3.05) is 24.5 Å². The highest BCUT2D eigenvalue weighted by atomic mass is 79.9. The standard InChI is InChI=1S/C16H17BrN4O2/c17-11-3-4-12-13(8-11)18-19-15(12)21-9-10(7-14(21)22)16(23)20-5-1-2-6-20/h3-4,8,10H,1-2,5-7,9H2,(H,18,19)/t10-/m1/s1. The number of aromatic nitrogens is 2. The third kappa shape index (κ3) is 2.52. The van der Waals surface area contributed by atoms with Crippen molar-refractivity contribution in [3.63, 3.8) is 0 Å². The van der Waals surface area contributed by atoms with Gasteiger partial charge in [0.15, 0.2) is 5.82 Å². The maximum Gasteiger partial charge on any atom is 0.229 e. The van der Waals surface area contributed by atoms with E-state index in [9.17, 15) is 9.59 Å². The molecule has 1 aromatic heterocycles. The van der Waals surface area contributed by atoms with Crippen LogP contribution in [0, 0.1) is 5.92 Å². The molecular formula is C16H17BrN4O2. The summed E-state index contributed by atoms with van der Waals surface area (Å²) >= 11 is 3.42. The van der Waals surface area contributed by atoms with E-state index in [1.54, 1.807) is 4.90 Å². The Balaban J connectivity index is 1.59. The zero-order valence-corrected chi connectivity index (χ0v) is 14.2. The second kappa shape index (κ2) is 5.63. The van der Waals surface area contributed by atoms with Gasteiger partial charge in [-0.15, -0.1) is 0 Å². The second-order valence-electron chi connectivity index (χ2n) is 6.17. The molecule has 1 N–H and O–H groups in total. The smallest absolute Gasteiger partial charge is 0.229 e. The van der Waals surface area contributed by atoms with Gasteiger partial charge in [-0.1, -0.05) is 15.9 Å². The van der Waals surface area contributed by atoms with E-state index in [1.165, 1.54) is 0 Å². The molecule has 1 aromatic carbocycles. The van der Waals surface area contributed by atoms with Crippen LogP contribution < -0.4 is 4.90 Å². The average molecular weight is 377 g/mol. The number of anilines is 1. The van der Waals surface area contributed by atoms with Gasteiger partial charge in [0.2, 0.25) is 11.8 Å². The van der Waals surface area contributed by atoms with Gasteiger partial charge in [-0.05, 0) is 31.0 Å². The number of halogens is 1. The first-order valence-electron chi connectivity index (χ1n) is 7.86. The number of carbonyl (C=O) groups excluding carboxylic acids is 2. The van der Waals surface area contributed by atoms with Crippen molar-refractivity contribution in [2.24, 2.45) is 5.92 Å². The molecule has 2 fully saturated rings. The van der Waals surface area contributed by atoms with Crippen LogP contribution in [0.3, 0.4) is 0 Å². The predicted molar refractivity (Wildman–Crippen MR) is 90.1 cm³/mol. The lowest BCUT2D eigenvalue weighted by Gasteiger charge is -2.19. The number of fused-ring (bicyclic) bond motifs is 1. The van der Waals surface area contributed by atoms with E-state index in [1.807, 2.05) is 23.1 Å². The van der Waals surface area contributed by atoms with E-state index in [2.05, 4.69) is 26.1 Å². The minimum atomic E-state index is -0.247. The Bertz CT molecular complexity index is 781. The molecule has 120 valence electrons. The van der Waals surface area contributed by atoms with Gasteiger partial charge in [0.05, 0.1) is 11.4 Å². The quantitative estimate of drug-likeness (QED) is 0.873. The number of nitrogens with zero attached hydrogens (tertiary/aromatic N) is 3. The summed E-state index contributed by atoms with van der Waals surface area (Å²) in [7, 11) is 0. The SMILES string of the molecule is O=C([C@@H]1CC(=O)N(c2n[nH]c3cc(Br)ccc23)C1)N1CCCC1. The molecule has 2 saturated heterocycles. The molecular weight excluding hydrogens is 360 g/mol.